The molecule has 8 heavy (non-hydrogen) atoms. The van der Waals surface area contributed by atoms with Gasteiger partial charge in [-0.15, -0.1) is 0 Å². The number of β-lactam (4-membered cyclic amide) rings is 1. The van der Waals surface area contributed by atoms with Crippen LogP contribution < -0.4 is 5.32 Å². The Hall–Kier alpha value is -0.790. The van der Waals surface area contributed by atoms with Gasteiger partial charge in [0, 0.05) is 0 Å². The largest absolute Gasteiger partial charge is 0.348 e. The van der Waals surface area contributed by atoms with E-state index in [0.29, 0.717) is 6.04 Å². The van der Waals surface area contributed by atoms with Gasteiger partial charge in [-0.1, -0.05) is 11.6 Å². The molecule has 1 aliphatic carbocycles. The molecule has 0 bridgehead atoms. The first-order chi connectivity index (χ1) is 3.79. The number of hydrogen-bond donors (Lipinski definition) is 1. The van der Waals surface area contributed by atoms with Crippen molar-refractivity contribution in [1.29, 1.82) is 0 Å². The first-order valence-electron chi connectivity index (χ1n) is 2.78. The Morgan fingerprint density at radius 2 is 2.50 bits per heavy atom. The second-order valence-corrected chi connectivity index (χ2v) is 2.42. The van der Waals surface area contributed by atoms with Crippen LogP contribution in [0.25, 0.3) is 0 Å². The summed E-state index contributed by atoms with van der Waals surface area (Å²) in [5.74, 6) is 0.440. The van der Waals surface area contributed by atoms with Crippen LogP contribution in [0.2, 0.25) is 0 Å². The highest BCUT2D eigenvalue weighted by molar-refractivity contribution is 5.91. The van der Waals surface area contributed by atoms with Crippen molar-refractivity contribution >= 4 is 5.91 Å². The molecule has 1 amide bonds. The van der Waals surface area contributed by atoms with Crippen LogP contribution in [-0.4, -0.2) is 11.9 Å². The van der Waals surface area contributed by atoms with Crippen LogP contribution in [0.3, 0.4) is 0 Å². The highest BCUT2D eigenvalue weighted by Crippen LogP contribution is 2.32. The molecule has 2 aliphatic rings. The van der Waals surface area contributed by atoms with Crippen LogP contribution in [0.4, 0.5) is 0 Å². The van der Waals surface area contributed by atoms with E-state index in [1.807, 2.05) is 13.0 Å². The van der Waals surface area contributed by atoms with Gasteiger partial charge in [-0.2, -0.15) is 0 Å². The summed E-state index contributed by atoms with van der Waals surface area (Å²) in [6, 6.07) is 0.419. The number of fused-ring (bicyclic) bond motifs is 1. The quantitative estimate of drug-likeness (QED) is 0.346. The fraction of sp³-hybridized carbons (Fsp3) is 0.500. The lowest BCUT2D eigenvalue weighted by molar-refractivity contribution is -0.132. The molecule has 2 rings (SSSR count). The molecule has 0 spiro atoms. The summed E-state index contributed by atoms with van der Waals surface area (Å²) < 4.78 is 0. The van der Waals surface area contributed by atoms with Crippen molar-refractivity contribution in [3.63, 3.8) is 0 Å². The third kappa shape index (κ3) is 0.250. The molecule has 0 aromatic heterocycles. The van der Waals surface area contributed by atoms with E-state index in [-0.39, 0.29) is 11.8 Å². The van der Waals surface area contributed by atoms with E-state index in [2.05, 4.69) is 5.32 Å². The molecular weight excluding hydrogens is 102 g/mol. The minimum Gasteiger partial charge on any atom is -0.348 e. The number of rotatable bonds is 0. The maximum absolute atomic E-state index is 10.5. The number of amides is 1. The normalized spacial score (nSPS) is 40.6. The first kappa shape index (κ1) is 4.13. The fourth-order valence-corrected chi connectivity index (χ4v) is 1.23. The average Bonchev–Trinajstić information content (AvgIpc) is 1.76. The maximum Gasteiger partial charge on any atom is 0.229 e. The summed E-state index contributed by atoms with van der Waals surface area (Å²) in [6.45, 7) is 2.04. The molecule has 1 N–H and O–H groups in total. The lowest BCUT2D eigenvalue weighted by atomic mass is 9.75. The van der Waals surface area contributed by atoms with Gasteiger partial charge in [-0.3, -0.25) is 4.79 Å². The van der Waals surface area contributed by atoms with E-state index < -0.39 is 0 Å². The van der Waals surface area contributed by atoms with E-state index in [1.54, 1.807) is 0 Å². The minimum absolute atomic E-state index is 0.195. The molecule has 0 radical (unpaired) electrons. The Kier molecular flexibility index (Phi) is 0.498. The van der Waals surface area contributed by atoms with Crippen molar-refractivity contribution < 1.29 is 4.79 Å². The van der Waals surface area contributed by atoms with Gasteiger partial charge in [0.05, 0.1) is 12.0 Å². The van der Waals surface area contributed by atoms with Crippen molar-refractivity contribution in [3.05, 3.63) is 11.6 Å². The van der Waals surface area contributed by atoms with Gasteiger partial charge in [-0.05, 0) is 6.92 Å². The zero-order valence-electron chi connectivity index (χ0n) is 4.64. The lowest BCUT2D eigenvalue weighted by Crippen LogP contribution is -2.62. The van der Waals surface area contributed by atoms with Crippen LogP contribution in [0.5, 0.6) is 0 Å². The van der Waals surface area contributed by atoms with Gasteiger partial charge in [0.25, 0.3) is 0 Å². The molecule has 1 aliphatic heterocycles. The van der Waals surface area contributed by atoms with Gasteiger partial charge >= 0.3 is 0 Å². The Morgan fingerprint density at radius 1 is 1.75 bits per heavy atom. The summed E-state index contributed by atoms with van der Waals surface area (Å²) in [4.78, 5) is 10.5. The predicted octanol–water partition coefficient (Wildman–Crippen LogP) is 0.0609. The number of hydrogen-bond acceptors (Lipinski definition) is 1. The van der Waals surface area contributed by atoms with Crippen LogP contribution in [0.15, 0.2) is 11.6 Å². The van der Waals surface area contributed by atoms with Crippen LogP contribution in [0.1, 0.15) is 6.92 Å². The maximum atomic E-state index is 10.5. The van der Waals surface area contributed by atoms with Gasteiger partial charge in [-0.25, -0.2) is 0 Å². The second-order valence-electron chi connectivity index (χ2n) is 2.42. The molecule has 1 saturated heterocycles. The van der Waals surface area contributed by atoms with Gasteiger partial charge < -0.3 is 5.32 Å². The Balaban J connectivity index is 2.25. The summed E-state index contributed by atoms with van der Waals surface area (Å²) in [7, 11) is 0. The summed E-state index contributed by atoms with van der Waals surface area (Å²) in [6.07, 6.45) is 2.02. The number of nitrogens with one attached hydrogen (secondary N) is 1. The van der Waals surface area contributed by atoms with E-state index in [4.69, 9.17) is 0 Å². The molecule has 42 valence electrons. The molecule has 2 unspecified atom stereocenters. The van der Waals surface area contributed by atoms with E-state index in [9.17, 15) is 4.79 Å². The molecule has 2 atom stereocenters. The van der Waals surface area contributed by atoms with E-state index in [1.165, 1.54) is 5.57 Å². The summed E-state index contributed by atoms with van der Waals surface area (Å²) in [5, 5.41) is 2.78. The van der Waals surface area contributed by atoms with Crippen molar-refractivity contribution in [2.24, 2.45) is 5.92 Å². The predicted molar refractivity (Wildman–Crippen MR) is 29.2 cm³/mol. The highest BCUT2D eigenvalue weighted by atomic mass is 16.2. The molecular formula is C6H7NO. The van der Waals surface area contributed by atoms with Crippen LogP contribution in [-0.2, 0) is 4.79 Å². The number of carbonyl (C=O) groups is 1. The standard InChI is InChI=1S/C6H7NO/c1-3-2-4-5(3)7-6(4)8/h2,4-5H,1H3,(H,7,8). The van der Waals surface area contributed by atoms with Gasteiger partial charge in [0.2, 0.25) is 5.91 Å². The zero-order chi connectivity index (χ0) is 5.72. The van der Waals surface area contributed by atoms with E-state index in [0.717, 1.165) is 0 Å². The first-order valence-corrected chi connectivity index (χ1v) is 2.78. The summed E-state index contributed by atoms with van der Waals surface area (Å²) >= 11 is 0. The SMILES string of the molecule is CC1=CC2C(=O)NC12. The van der Waals surface area contributed by atoms with Crippen molar-refractivity contribution in [3.8, 4) is 0 Å². The molecule has 1 fully saturated rings. The zero-order valence-corrected chi connectivity index (χ0v) is 4.64. The fourth-order valence-electron chi connectivity index (χ4n) is 1.23. The number of carbonyl (C=O) groups excluding carboxylic acids is 1. The van der Waals surface area contributed by atoms with Gasteiger partial charge in [0.15, 0.2) is 0 Å². The molecule has 0 aromatic carbocycles. The van der Waals surface area contributed by atoms with Gasteiger partial charge in [0.1, 0.15) is 0 Å². The molecule has 0 aromatic rings. The minimum atomic E-state index is 0.195. The second kappa shape index (κ2) is 0.966. The third-order valence-corrected chi connectivity index (χ3v) is 1.89. The third-order valence-electron chi connectivity index (χ3n) is 1.89. The topological polar surface area (TPSA) is 29.1 Å². The molecule has 2 nitrogen and oxygen atoms in total. The Labute approximate surface area is 47.6 Å². The van der Waals surface area contributed by atoms with E-state index >= 15 is 0 Å². The monoisotopic (exact) mass is 109 g/mol. The lowest BCUT2D eigenvalue weighted by Gasteiger charge is -2.43. The van der Waals surface area contributed by atoms with Crippen molar-refractivity contribution in [1.82, 2.24) is 5.32 Å². The average molecular weight is 109 g/mol. The summed E-state index contributed by atoms with van der Waals surface area (Å²) in [5.41, 5.74) is 1.31. The molecule has 0 saturated carbocycles. The van der Waals surface area contributed by atoms with Crippen molar-refractivity contribution in [2.75, 3.05) is 0 Å². The highest BCUT2D eigenvalue weighted by Gasteiger charge is 2.44. The Bertz CT molecular complexity index is 183. The van der Waals surface area contributed by atoms with Crippen LogP contribution >= 0.6 is 0 Å². The Morgan fingerprint density at radius 3 is 2.62 bits per heavy atom. The smallest absolute Gasteiger partial charge is 0.229 e. The van der Waals surface area contributed by atoms with Crippen LogP contribution in [0, 0.1) is 5.92 Å². The van der Waals surface area contributed by atoms with Crippen molar-refractivity contribution in [2.45, 2.75) is 13.0 Å². The molecule has 1 heterocycles. The molecule has 2 heteroatoms.